The lowest BCUT2D eigenvalue weighted by Gasteiger charge is -2.18. The summed E-state index contributed by atoms with van der Waals surface area (Å²) >= 11 is 0. The lowest BCUT2D eigenvalue weighted by molar-refractivity contribution is 0.369. The minimum Gasteiger partial charge on any atom is -0.496 e. The first-order chi connectivity index (χ1) is 11.7. The van der Waals surface area contributed by atoms with Gasteiger partial charge in [0.05, 0.1) is 33.4 Å². The summed E-state index contributed by atoms with van der Waals surface area (Å²) < 4.78 is 16.3. The number of hydrogen-bond acceptors (Lipinski definition) is 4. The molecule has 2 rings (SSSR count). The summed E-state index contributed by atoms with van der Waals surface area (Å²) in [5.41, 5.74) is 0.907. The third-order valence-corrected chi connectivity index (χ3v) is 4.25. The molecule has 1 saturated carbocycles. The summed E-state index contributed by atoms with van der Waals surface area (Å²) in [7, 11) is 4.91. The van der Waals surface area contributed by atoms with Crippen molar-refractivity contribution in [2.24, 2.45) is 4.99 Å². The topological polar surface area (TPSA) is 64.1 Å². The van der Waals surface area contributed by atoms with Gasteiger partial charge >= 0.3 is 0 Å². The van der Waals surface area contributed by atoms with E-state index in [-0.39, 0.29) is 24.0 Å². The molecular weight excluding hydrogens is 433 g/mol. The van der Waals surface area contributed by atoms with Crippen molar-refractivity contribution in [3.8, 4) is 17.2 Å². The van der Waals surface area contributed by atoms with Gasteiger partial charge in [0.2, 0.25) is 0 Å². The predicted molar refractivity (Wildman–Crippen MR) is 112 cm³/mol. The molecule has 1 aromatic rings. The van der Waals surface area contributed by atoms with Gasteiger partial charge in [-0.15, -0.1) is 24.0 Å². The number of rotatable bonds is 7. The fourth-order valence-electron chi connectivity index (χ4n) is 2.98. The molecule has 142 valence electrons. The van der Waals surface area contributed by atoms with E-state index in [1.165, 1.54) is 25.7 Å². The SMILES string of the molecule is CCNC(=NCc1c(OC)cc(OC)cc1OC)NC1CCCC1.I. The molecule has 0 amide bonds. The molecule has 1 aromatic carbocycles. The van der Waals surface area contributed by atoms with E-state index in [4.69, 9.17) is 19.2 Å². The van der Waals surface area contributed by atoms with Crippen molar-refractivity contribution in [2.75, 3.05) is 27.9 Å². The number of nitrogens with zero attached hydrogens (tertiary/aromatic N) is 1. The van der Waals surface area contributed by atoms with Crippen LogP contribution >= 0.6 is 24.0 Å². The van der Waals surface area contributed by atoms with Gasteiger partial charge in [-0.2, -0.15) is 0 Å². The summed E-state index contributed by atoms with van der Waals surface area (Å²) in [5, 5.41) is 6.83. The number of benzene rings is 1. The average molecular weight is 463 g/mol. The molecule has 0 saturated heterocycles. The zero-order chi connectivity index (χ0) is 17.4. The largest absolute Gasteiger partial charge is 0.496 e. The monoisotopic (exact) mass is 463 g/mol. The zero-order valence-corrected chi connectivity index (χ0v) is 17.9. The Bertz CT molecular complexity index is 535. The number of methoxy groups -OCH3 is 3. The number of nitrogens with one attached hydrogen (secondary N) is 2. The van der Waals surface area contributed by atoms with Gasteiger partial charge < -0.3 is 24.8 Å². The molecule has 6 nitrogen and oxygen atoms in total. The Morgan fingerprint density at radius 2 is 1.68 bits per heavy atom. The second kappa shape index (κ2) is 11.3. The third kappa shape index (κ3) is 6.13. The standard InChI is InChI=1S/C18H29N3O3.HI/c1-5-19-18(21-13-8-6-7-9-13)20-12-15-16(23-3)10-14(22-2)11-17(15)24-4;/h10-11,13H,5-9,12H2,1-4H3,(H2,19,20,21);1H. The molecule has 25 heavy (non-hydrogen) atoms. The Kier molecular flexibility index (Phi) is 9.77. The third-order valence-electron chi connectivity index (χ3n) is 4.25. The van der Waals surface area contributed by atoms with Crippen LogP contribution in [0.5, 0.6) is 17.2 Å². The van der Waals surface area contributed by atoms with Crippen molar-refractivity contribution < 1.29 is 14.2 Å². The summed E-state index contributed by atoms with van der Waals surface area (Å²) in [6, 6.07) is 4.22. The van der Waals surface area contributed by atoms with E-state index in [0.29, 0.717) is 29.8 Å². The summed E-state index contributed by atoms with van der Waals surface area (Å²) in [5.74, 6) is 2.97. The van der Waals surface area contributed by atoms with E-state index in [1.54, 1.807) is 21.3 Å². The molecular formula is C18H30IN3O3. The predicted octanol–water partition coefficient (Wildman–Crippen LogP) is 3.33. The van der Waals surface area contributed by atoms with Crippen molar-refractivity contribution in [3.05, 3.63) is 17.7 Å². The summed E-state index contributed by atoms with van der Waals surface area (Å²) in [6.45, 7) is 3.37. The Hall–Kier alpha value is -1.38. The van der Waals surface area contributed by atoms with Crippen LogP contribution in [0.2, 0.25) is 0 Å². The van der Waals surface area contributed by atoms with Crippen LogP contribution in [-0.2, 0) is 6.54 Å². The van der Waals surface area contributed by atoms with Crippen LogP contribution in [0.1, 0.15) is 38.2 Å². The highest BCUT2D eigenvalue weighted by atomic mass is 127. The minimum absolute atomic E-state index is 0. The molecule has 0 aliphatic heterocycles. The molecule has 0 unspecified atom stereocenters. The van der Waals surface area contributed by atoms with Gasteiger partial charge in [0, 0.05) is 24.7 Å². The van der Waals surface area contributed by atoms with E-state index in [2.05, 4.69) is 17.6 Å². The van der Waals surface area contributed by atoms with Crippen LogP contribution in [0.4, 0.5) is 0 Å². The Labute approximate surface area is 167 Å². The van der Waals surface area contributed by atoms with Crippen LogP contribution in [0.15, 0.2) is 17.1 Å². The van der Waals surface area contributed by atoms with E-state index in [9.17, 15) is 0 Å². The van der Waals surface area contributed by atoms with Gasteiger partial charge in [0.15, 0.2) is 5.96 Å². The smallest absolute Gasteiger partial charge is 0.191 e. The van der Waals surface area contributed by atoms with Gasteiger partial charge in [-0.1, -0.05) is 12.8 Å². The van der Waals surface area contributed by atoms with Crippen LogP contribution in [-0.4, -0.2) is 39.9 Å². The van der Waals surface area contributed by atoms with Crippen molar-refractivity contribution in [3.63, 3.8) is 0 Å². The van der Waals surface area contributed by atoms with Gasteiger partial charge in [-0.25, -0.2) is 4.99 Å². The lowest BCUT2D eigenvalue weighted by Crippen LogP contribution is -2.42. The molecule has 1 fully saturated rings. The molecule has 0 aromatic heterocycles. The van der Waals surface area contributed by atoms with Crippen LogP contribution < -0.4 is 24.8 Å². The first-order valence-electron chi connectivity index (χ1n) is 8.55. The molecule has 0 atom stereocenters. The fraction of sp³-hybridized carbons (Fsp3) is 0.611. The quantitative estimate of drug-likeness (QED) is 0.369. The molecule has 1 aliphatic carbocycles. The Balaban J connectivity index is 0.00000312. The fourth-order valence-corrected chi connectivity index (χ4v) is 2.98. The number of guanidine groups is 1. The maximum atomic E-state index is 5.49. The Morgan fingerprint density at radius 1 is 1.08 bits per heavy atom. The minimum atomic E-state index is 0. The van der Waals surface area contributed by atoms with Crippen molar-refractivity contribution in [2.45, 2.75) is 45.2 Å². The number of halogens is 1. The van der Waals surface area contributed by atoms with E-state index >= 15 is 0 Å². The zero-order valence-electron chi connectivity index (χ0n) is 15.6. The lowest BCUT2D eigenvalue weighted by atomic mass is 10.1. The van der Waals surface area contributed by atoms with Crippen molar-refractivity contribution >= 4 is 29.9 Å². The molecule has 7 heteroatoms. The summed E-state index contributed by atoms with van der Waals surface area (Å²) in [4.78, 5) is 4.71. The van der Waals surface area contributed by atoms with Crippen molar-refractivity contribution in [1.29, 1.82) is 0 Å². The number of hydrogen-bond donors (Lipinski definition) is 2. The van der Waals surface area contributed by atoms with Gasteiger partial charge in [-0.05, 0) is 19.8 Å². The second-order valence-corrected chi connectivity index (χ2v) is 5.83. The number of ether oxygens (including phenoxy) is 3. The summed E-state index contributed by atoms with van der Waals surface area (Å²) in [6.07, 6.45) is 4.99. The van der Waals surface area contributed by atoms with E-state index in [1.807, 2.05) is 12.1 Å². The average Bonchev–Trinajstić information content (AvgIpc) is 3.12. The highest BCUT2D eigenvalue weighted by molar-refractivity contribution is 14.0. The first-order valence-corrected chi connectivity index (χ1v) is 8.55. The maximum absolute atomic E-state index is 5.49. The van der Waals surface area contributed by atoms with Crippen LogP contribution in [0, 0.1) is 0 Å². The van der Waals surface area contributed by atoms with Gasteiger partial charge in [0.1, 0.15) is 17.2 Å². The molecule has 2 N–H and O–H groups in total. The molecule has 0 bridgehead atoms. The van der Waals surface area contributed by atoms with Crippen molar-refractivity contribution in [1.82, 2.24) is 10.6 Å². The highest BCUT2D eigenvalue weighted by Crippen LogP contribution is 2.34. The van der Waals surface area contributed by atoms with Gasteiger partial charge in [0.25, 0.3) is 0 Å². The molecule has 0 radical (unpaired) electrons. The molecule has 1 aliphatic rings. The second-order valence-electron chi connectivity index (χ2n) is 5.83. The maximum Gasteiger partial charge on any atom is 0.191 e. The molecule has 0 spiro atoms. The normalized spacial score (nSPS) is 14.6. The van der Waals surface area contributed by atoms with Gasteiger partial charge in [-0.3, -0.25) is 0 Å². The highest BCUT2D eigenvalue weighted by Gasteiger charge is 2.17. The molecule has 0 heterocycles. The van der Waals surface area contributed by atoms with Crippen LogP contribution in [0.3, 0.4) is 0 Å². The van der Waals surface area contributed by atoms with E-state index in [0.717, 1.165) is 18.1 Å². The first kappa shape index (κ1) is 21.7. The van der Waals surface area contributed by atoms with E-state index < -0.39 is 0 Å². The Morgan fingerprint density at radius 3 is 2.16 bits per heavy atom. The number of aliphatic imine (C=N–C) groups is 1. The van der Waals surface area contributed by atoms with Crippen LogP contribution in [0.25, 0.3) is 0 Å².